The smallest absolute Gasteiger partial charge is 0.406 e. The molecule has 2 aromatic heterocycles. The van der Waals surface area contributed by atoms with Crippen molar-refractivity contribution < 1.29 is 23.0 Å². The number of thiophene rings is 1. The van der Waals surface area contributed by atoms with Crippen molar-refractivity contribution in [3.63, 3.8) is 0 Å². The summed E-state index contributed by atoms with van der Waals surface area (Å²) >= 11 is 7.84. The molecule has 0 aliphatic heterocycles. The van der Waals surface area contributed by atoms with E-state index >= 15 is 0 Å². The fourth-order valence-corrected chi connectivity index (χ4v) is 4.34. The van der Waals surface area contributed by atoms with Crippen LogP contribution >= 0.6 is 22.9 Å². The number of para-hydroxylation sites is 1. The Morgan fingerprint density at radius 1 is 0.969 bits per heavy atom. The highest BCUT2D eigenvalue weighted by Crippen LogP contribution is 2.38. The number of alkyl halides is 3. The van der Waals surface area contributed by atoms with Gasteiger partial charge in [-0.1, -0.05) is 23.7 Å². The highest BCUT2D eigenvalue weighted by molar-refractivity contribution is 7.18. The maximum absolute atomic E-state index is 12.4. The van der Waals surface area contributed by atoms with Crippen LogP contribution in [-0.2, 0) is 5.60 Å². The van der Waals surface area contributed by atoms with Crippen molar-refractivity contribution in [1.29, 1.82) is 0 Å². The van der Waals surface area contributed by atoms with Crippen LogP contribution in [0.25, 0.3) is 26.7 Å². The standard InChI is InChI=1S/C23H18ClF3N2O2S/c1-22(2,30)21-13-18(29(28-21)17-6-4-3-5-16(17)24)20-12-11-19(32-20)14-7-9-15(10-8-14)31-23(25,26)27/h3-13,30H,1-2H3. The Morgan fingerprint density at radius 2 is 1.62 bits per heavy atom. The zero-order valence-corrected chi connectivity index (χ0v) is 18.6. The van der Waals surface area contributed by atoms with Gasteiger partial charge in [0.2, 0.25) is 0 Å². The third-order valence-electron chi connectivity index (χ3n) is 4.65. The van der Waals surface area contributed by atoms with E-state index in [9.17, 15) is 18.3 Å². The van der Waals surface area contributed by atoms with E-state index in [2.05, 4.69) is 9.84 Å². The molecule has 0 bridgehead atoms. The number of aromatic nitrogens is 2. The Kier molecular flexibility index (Phi) is 5.79. The molecule has 1 N–H and O–H groups in total. The molecule has 4 aromatic rings. The minimum atomic E-state index is -4.73. The van der Waals surface area contributed by atoms with Gasteiger partial charge in [-0.3, -0.25) is 0 Å². The molecule has 2 aromatic carbocycles. The Hall–Kier alpha value is -2.81. The minimum absolute atomic E-state index is 0.273. The van der Waals surface area contributed by atoms with Crippen LogP contribution in [-0.4, -0.2) is 21.2 Å². The van der Waals surface area contributed by atoms with Gasteiger partial charge in [0.1, 0.15) is 11.4 Å². The minimum Gasteiger partial charge on any atom is -0.406 e. The average Bonchev–Trinajstić information content (AvgIpc) is 3.35. The molecule has 0 aliphatic rings. The van der Waals surface area contributed by atoms with Crippen LogP contribution in [0.5, 0.6) is 5.75 Å². The van der Waals surface area contributed by atoms with Crippen molar-refractivity contribution in [1.82, 2.24) is 9.78 Å². The first-order valence-electron chi connectivity index (χ1n) is 9.55. The summed E-state index contributed by atoms with van der Waals surface area (Å²) < 4.78 is 42.8. The molecule has 4 rings (SSSR count). The molecule has 9 heteroatoms. The summed E-state index contributed by atoms with van der Waals surface area (Å²) in [6.07, 6.45) is -4.73. The average molecular weight is 479 g/mol. The van der Waals surface area contributed by atoms with Crippen LogP contribution in [0.4, 0.5) is 13.2 Å². The maximum atomic E-state index is 12.4. The third-order valence-corrected chi connectivity index (χ3v) is 6.12. The molecule has 0 saturated heterocycles. The molecule has 0 unspecified atom stereocenters. The highest BCUT2D eigenvalue weighted by atomic mass is 35.5. The van der Waals surface area contributed by atoms with Gasteiger partial charge in [-0.2, -0.15) is 5.10 Å². The monoisotopic (exact) mass is 478 g/mol. The van der Waals surface area contributed by atoms with Gasteiger partial charge in [0.25, 0.3) is 0 Å². The lowest BCUT2D eigenvalue weighted by molar-refractivity contribution is -0.274. The zero-order valence-electron chi connectivity index (χ0n) is 17.0. The Balaban J connectivity index is 1.73. The lowest BCUT2D eigenvalue weighted by atomic mass is 10.1. The van der Waals surface area contributed by atoms with Crippen molar-refractivity contribution in [3.8, 4) is 32.4 Å². The van der Waals surface area contributed by atoms with E-state index in [0.29, 0.717) is 16.4 Å². The first-order valence-corrected chi connectivity index (χ1v) is 10.7. The molecular formula is C23H18ClF3N2O2S. The normalized spacial score (nSPS) is 12.2. The summed E-state index contributed by atoms with van der Waals surface area (Å²) in [5.74, 6) is -0.273. The van der Waals surface area contributed by atoms with Crippen molar-refractivity contribution in [3.05, 3.63) is 77.4 Å². The van der Waals surface area contributed by atoms with E-state index in [1.54, 1.807) is 42.8 Å². The lowest BCUT2D eigenvalue weighted by Crippen LogP contribution is -2.16. The number of hydrogen-bond donors (Lipinski definition) is 1. The molecule has 4 nitrogen and oxygen atoms in total. The van der Waals surface area contributed by atoms with E-state index in [1.165, 1.54) is 23.5 Å². The number of aliphatic hydroxyl groups is 1. The SMILES string of the molecule is CC(C)(O)c1cc(-c2ccc(-c3ccc(OC(F)(F)F)cc3)s2)n(-c2ccccc2Cl)n1. The number of halogens is 4. The van der Waals surface area contributed by atoms with Gasteiger partial charge in [0.05, 0.1) is 27.0 Å². The number of rotatable bonds is 5. The van der Waals surface area contributed by atoms with Crippen molar-refractivity contribution >= 4 is 22.9 Å². The molecule has 0 saturated carbocycles. The number of nitrogens with zero attached hydrogens (tertiary/aromatic N) is 2. The molecule has 2 heterocycles. The number of ether oxygens (including phenoxy) is 1. The van der Waals surface area contributed by atoms with Crippen molar-refractivity contribution in [2.45, 2.75) is 25.8 Å². The van der Waals surface area contributed by atoms with E-state index in [-0.39, 0.29) is 5.75 Å². The first kappa shape index (κ1) is 22.4. The predicted octanol–water partition coefficient (Wildman–Crippen LogP) is 7.05. The summed E-state index contributed by atoms with van der Waals surface area (Å²) in [6, 6.07) is 18.6. The van der Waals surface area contributed by atoms with Crippen LogP contribution in [0.3, 0.4) is 0 Å². The van der Waals surface area contributed by atoms with Gasteiger partial charge in [-0.15, -0.1) is 24.5 Å². The van der Waals surface area contributed by atoms with Crippen LogP contribution in [0.15, 0.2) is 66.7 Å². The van der Waals surface area contributed by atoms with E-state index < -0.39 is 12.0 Å². The second kappa shape index (κ2) is 8.27. The Morgan fingerprint density at radius 3 is 2.25 bits per heavy atom. The summed E-state index contributed by atoms with van der Waals surface area (Å²) in [5, 5.41) is 15.6. The predicted molar refractivity (Wildman–Crippen MR) is 119 cm³/mol. The molecule has 0 amide bonds. The van der Waals surface area contributed by atoms with Gasteiger partial charge >= 0.3 is 6.36 Å². The second-order valence-electron chi connectivity index (χ2n) is 7.57. The molecule has 166 valence electrons. The van der Waals surface area contributed by atoms with Gasteiger partial charge in [-0.05, 0) is 74.0 Å². The fraction of sp³-hybridized carbons (Fsp3) is 0.174. The van der Waals surface area contributed by atoms with E-state index in [4.69, 9.17) is 11.6 Å². The third kappa shape index (κ3) is 4.82. The van der Waals surface area contributed by atoms with E-state index in [0.717, 1.165) is 21.0 Å². The summed E-state index contributed by atoms with van der Waals surface area (Å²) in [4.78, 5) is 1.72. The largest absolute Gasteiger partial charge is 0.573 e. The lowest BCUT2D eigenvalue weighted by Gasteiger charge is -2.13. The molecule has 0 spiro atoms. The molecule has 0 fully saturated rings. The van der Waals surface area contributed by atoms with Crippen molar-refractivity contribution in [2.24, 2.45) is 0 Å². The van der Waals surface area contributed by atoms with Gasteiger partial charge in [0, 0.05) is 4.88 Å². The zero-order chi connectivity index (χ0) is 23.1. The quantitative estimate of drug-likeness (QED) is 0.334. The Labute approximate surface area is 191 Å². The van der Waals surface area contributed by atoms with Crippen LogP contribution in [0.2, 0.25) is 5.02 Å². The van der Waals surface area contributed by atoms with Gasteiger partial charge < -0.3 is 9.84 Å². The molecule has 0 atom stereocenters. The second-order valence-corrected chi connectivity index (χ2v) is 9.06. The molecular weight excluding hydrogens is 461 g/mol. The molecule has 32 heavy (non-hydrogen) atoms. The van der Waals surface area contributed by atoms with Gasteiger partial charge in [-0.25, -0.2) is 4.68 Å². The Bertz CT molecular complexity index is 1240. The summed E-state index contributed by atoms with van der Waals surface area (Å²) in [7, 11) is 0. The van der Waals surface area contributed by atoms with Crippen LogP contribution < -0.4 is 4.74 Å². The summed E-state index contributed by atoms with van der Waals surface area (Å²) in [5.41, 5.74) is 1.49. The first-order chi connectivity index (χ1) is 15.0. The van der Waals surface area contributed by atoms with Crippen molar-refractivity contribution in [2.75, 3.05) is 0 Å². The van der Waals surface area contributed by atoms with Crippen LogP contribution in [0.1, 0.15) is 19.5 Å². The fourth-order valence-electron chi connectivity index (χ4n) is 3.11. The highest BCUT2D eigenvalue weighted by Gasteiger charge is 2.31. The van der Waals surface area contributed by atoms with Gasteiger partial charge in [0.15, 0.2) is 0 Å². The maximum Gasteiger partial charge on any atom is 0.573 e. The summed E-state index contributed by atoms with van der Waals surface area (Å²) in [6.45, 7) is 3.31. The number of benzene rings is 2. The molecule has 0 aliphatic carbocycles. The molecule has 0 radical (unpaired) electrons. The topological polar surface area (TPSA) is 47.3 Å². The van der Waals surface area contributed by atoms with Crippen LogP contribution in [0, 0.1) is 0 Å². The number of hydrogen-bond acceptors (Lipinski definition) is 4. The van der Waals surface area contributed by atoms with E-state index in [1.807, 2.05) is 30.3 Å².